The fourth-order valence-electron chi connectivity index (χ4n) is 2.32. The molecule has 0 radical (unpaired) electrons. The molecule has 98 valence electrons. The van der Waals surface area contributed by atoms with Crippen molar-refractivity contribution in [3.8, 4) is 0 Å². The Balaban J connectivity index is 2.51. The first-order valence-corrected chi connectivity index (χ1v) is 6.51. The van der Waals surface area contributed by atoms with Gasteiger partial charge < -0.3 is 15.3 Å². The average Bonchev–Trinajstić information content (AvgIpc) is 2.33. The van der Waals surface area contributed by atoms with Gasteiger partial charge in [-0.3, -0.25) is 0 Å². The van der Waals surface area contributed by atoms with E-state index in [1.165, 1.54) is 0 Å². The van der Waals surface area contributed by atoms with E-state index in [0.29, 0.717) is 6.42 Å². The monoisotopic (exact) mass is 240 g/mol. The minimum Gasteiger partial charge on any atom is -0.396 e. The summed E-state index contributed by atoms with van der Waals surface area (Å²) >= 11 is 0. The molecule has 4 atom stereocenters. The Kier molecular flexibility index (Phi) is 6.48. The highest BCUT2D eigenvalue weighted by molar-refractivity contribution is 5.07. The first-order valence-electron chi connectivity index (χ1n) is 6.51. The maximum absolute atomic E-state index is 9.79. The number of aliphatic hydroxyl groups excluding tert-OH is 3. The molecule has 3 N–H and O–H groups in total. The van der Waals surface area contributed by atoms with Crippen molar-refractivity contribution >= 4 is 0 Å². The van der Waals surface area contributed by atoms with E-state index in [1.54, 1.807) is 0 Å². The van der Waals surface area contributed by atoms with Crippen molar-refractivity contribution in [3.05, 3.63) is 24.3 Å². The summed E-state index contributed by atoms with van der Waals surface area (Å²) in [5, 5.41) is 28.6. The second-order valence-electron chi connectivity index (χ2n) is 4.75. The predicted molar refractivity (Wildman–Crippen MR) is 68.5 cm³/mol. The molecule has 1 rings (SSSR count). The Bertz CT molecular complexity index is 260. The molecule has 17 heavy (non-hydrogen) atoms. The maximum atomic E-state index is 9.79. The van der Waals surface area contributed by atoms with Gasteiger partial charge in [-0.15, -0.1) is 0 Å². The van der Waals surface area contributed by atoms with Gasteiger partial charge in [0.2, 0.25) is 0 Å². The van der Waals surface area contributed by atoms with Crippen LogP contribution in [0.2, 0.25) is 0 Å². The maximum Gasteiger partial charge on any atom is 0.0854 e. The van der Waals surface area contributed by atoms with Gasteiger partial charge in [-0.1, -0.05) is 37.6 Å². The molecule has 0 spiro atoms. The van der Waals surface area contributed by atoms with Crippen molar-refractivity contribution < 1.29 is 15.3 Å². The minimum atomic E-state index is -0.803. The van der Waals surface area contributed by atoms with Gasteiger partial charge >= 0.3 is 0 Å². The lowest BCUT2D eigenvalue weighted by atomic mass is 9.76. The summed E-state index contributed by atoms with van der Waals surface area (Å²) in [5.41, 5.74) is 0. The number of aliphatic hydroxyl groups is 3. The third-order valence-electron chi connectivity index (χ3n) is 3.45. The van der Waals surface area contributed by atoms with E-state index in [-0.39, 0.29) is 18.4 Å². The highest BCUT2D eigenvalue weighted by atomic mass is 16.3. The molecule has 0 bridgehead atoms. The Labute approximate surface area is 103 Å². The lowest BCUT2D eigenvalue weighted by Crippen LogP contribution is -2.43. The van der Waals surface area contributed by atoms with E-state index < -0.39 is 12.2 Å². The van der Waals surface area contributed by atoms with Crippen LogP contribution in [-0.2, 0) is 0 Å². The summed E-state index contributed by atoms with van der Waals surface area (Å²) in [7, 11) is 0. The summed E-state index contributed by atoms with van der Waals surface area (Å²) in [6.07, 6.45) is 10.3. The summed E-state index contributed by atoms with van der Waals surface area (Å²) in [5.74, 6) is -0.0840. The third kappa shape index (κ3) is 4.26. The fourth-order valence-corrected chi connectivity index (χ4v) is 2.32. The van der Waals surface area contributed by atoms with Gasteiger partial charge in [-0.2, -0.15) is 0 Å². The van der Waals surface area contributed by atoms with Crippen LogP contribution in [0.15, 0.2) is 24.3 Å². The largest absolute Gasteiger partial charge is 0.396 e. The third-order valence-corrected chi connectivity index (χ3v) is 3.45. The standard InChI is InChI=1S/C14H24O3/c1-2-3-4-5-6-7-11-8-9-13(16)14(17)12(11)10-15/h4-7,11-17H,2-3,8-10H2,1H3/b5-4+,7-6+/t11-,12-,13+,14-/m1/s1. The SMILES string of the molecule is CCC/C=C/C=C/[C@@H]1CC[C@H](O)[C@H](O)[C@@H]1CO. The number of hydrogen-bond acceptors (Lipinski definition) is 3. The number of allylic oxidation sites excluding steroid dienone is 4. The molecule has 0 aromatic carbocycles. The highest BCUT2D eigenvalue weighted by Crippen LogP contribution is 2.31. The van der Waals surface area contributed by atoms with Gasteiger partial charge in [0.25, 0.3) is 0 Å². The lowest BCUT2D eigenvalue weighted by Gasteiger charge is -2.36. The minimum absolute atomic E-state index is 0.0775. The summed E-state index contributed by atoms with van der Waals surface area (Å²) in [4.78, 5) is 0. The smallest absolute Gasteiger partial charge is 0.0854 e. The van der Waals surface area contributed by atoms with Crippen LogP contribution in [0.25, 0.3) is 0 Å². The van der Waals surface area contributed by atoms with Crippen LogP contribution in [-0.4, -0.2) is 34.1 Å². The zero-order valence-corrected chi connectivity index (χ0v) is 10.5. The van der Waals surface area contributed by atoms with Crippen molar-refractivity contribution in [2.75, 3.05) is 6.61 Å². The van der Waals surface area contributed by atoms with Crippen LogP contribution >= 0.6 is 0 Å². The molecule has 0 saturated heterocycles. The van der Waals surface area contributed by atoms with Gasteiger partial charge in [0.1, 0.15) is 0 Å². The molecule has 3 nitrogen and oxygen atoms in total. The Morgan fingerprint density at radius 3 is 2.59 bits per heavy atom. The molecular formula is C14H24O3. The number of hydrogen-bond donors (Lipinski definition) is 3. The number of unbranched alkanes of at least 4 members (excludes halogenated alkanes) is 1. The van der Waals surface area contributed by atoms with Gasteiger partial charge in [0.05, 0.1) is 12.2 Å². The molecule has 1 aliphatic rings. The molecule has 0 aliphatic heterocycles. The first-order chi connectivity index (χ1) is 8.20. The van der Waals surface area contributed by atoms with Crippen molar-refractivity contribution in [1.82, 2.24) is 0 Å². The molecule has 0 heterocycles. The predicted octanol–water partition coefficient (Wildman–Crippen LogP) is 1.64. The van der Waals surface area contributed by atoms with E-state index in [9.17, 15) is 15.3 Å². The van der Waals surface area contributed by atoms with Crippen molar-refractivity contribution in [2.24, 2.45) is 11.8 Å². The van der Waals surface area contributed by atoms with E-state index in [4.69, 9.17) is 0 Å². The Morgan fingerprint density at radius 2 is 1.94 bits per heavy atom. The van der Waals surface area contributed by atoms with Gasteiger partial charge in [-0.25, -0.2) is 0 Å². The molecule has 1 aliphatic carbocycles. The van der Waals surface area contributed by atoms with Crippen LogP contribution < -0.4 is 0 Å². The van der Waals surface area contributed by atoms with Gasteiger partial charge in [0, 0.05) is 12.5 Å². The highest BCUT2D eigenvalue weighted by Gasteiger charge is 2.35. The van der Waals surface area contributed by atoms with E-state index >= 15 is 0 Å². The molecule has 1 fully saturated rings. The van der Waals surface area contributed by atoms with Crippen molar-refractivity contribution in [2.45, 2.75) is 44.8 Å². The topological polar surface area (TPSA) is 60.7 Å². The quantitative estimate of drug-likeness (QED) is 0.640. The van der Waals surface area contributed by atoms with E-state index in [1.807, 2.05) is 18.2 Å². The molecule has 0 amide bonds. The van der Waals surface area contributed by atoms with Crippen LogP contribution in [0.3, 0.4) is 0 Å². The molecule has 1 saturated carbocycles. The second kappa shape index (κ2) is 7.64. The van der Waals surface area contributed by atoms with Crippen molar-refractivity contribution in [3.63, 3.8) is 0 Å². The average molecular weight is 240 g/mol. The summed E-state index contributed by atoms with van der Waals surface area (Å²) in [6.45, 7) is 2.06. The first kappa shape index (κ1) is 14.4. The van der Waals surface area contributed by atoms with Crippen LogP contribution in [0.5, 0.6) is 0 Å². The molecule has 0 unspecified atom stereocenters. The van der Waals surface area contributed by atoms with Crippen LogP contribution in [0.1, 0.15) is 32.6 Å². The second-order valence-corrected chi connectivity index (χ2v) is 4.75. The Hall–Kier alpha value is -0.640. The van der Waals surface area contributed by atoms with Gasteiger partial charge in [0.15, 0.2) is 0 Å². The zero-order chi connectivity index (χ0) is 12.7. The zero-order valence-electron chi connectivity index (χ0n) is 10.5. The van der Waals surface area contributed by atoms with Crippen LogP contribution in [0.4, 0.5) is 0 Å². The molecule has 0 aromatic heterocycles. The van der Waals surface area contributed by atoms with Crippen LogP contribution in [0, 0.1) is 11.8 Å². The molecule has 3 heteroatoms. The summed E-state index contributed by atoms with van der Waals surface area (Å²) < 4.78 is 0. The molecule has 0 aromatic rings. The molecular weight excluding hydrogens is 216 g/mol. The Morgan fingerprint density at radius 1 is 1.18 bits per heavy atom. The normalized spacial score (nSPS) is 34.8. The van der Waals surface area contributed by atoms with E-state index in [2.05, 4.69) is 13.0 Å². The summed E-state index contributed by atoms with van der Waals surface area (Å²) in [6, 6.07) is 0. The fraction of sp³-hybridized carbons (Fsp3) is 0.714. The van der Waals surface area contributed by atoms with Gasteiger partial charge in [-0.05, 0) is 25.2 Å². The number of rotatable bonds is 5. The van der Waals surface area contributed by atoms with E-state index in [0.717, 1.165) is 19.3 Å². The lowest BCUT2D eigenvalue weighted by molar-refractivity contribution is -0.0733. The van der Waals surface area contributed by atoms with Crippen molar-refractivity contribution in [1.29, 1.82) is 0 Å².